The maximum atomic E-state index is 9.48. The number of aliphatic hydroxyl groups is 1. The van der Waals surface area contributed by atoms with E-state index in [1.807, 2.05) is 18.2 Å². The molecule has 2 heteroatoms. The average molecular weight is 217 g/mol. The van der Waals surface area contributed by atoms with Crippen molar-refractivity contribution < 1.29 is 5.11 Å². The minimum atomic E-state index is -0.907. The van der Waals surface area contributed by atoms with Crippen molar-refractivity contribution in [1.29, 1.82) is 0 Å². The first kappa shape index (κ1) is 12.6. The highest BCUT2D eigenvalue weighted by molar-refractivity contribution is 5.47. The van der Waals surface area contributed by atoms with E-state index in [0.29, 0.717) is 6.54 Å². The Kier molecular flexibility index (Phi) is 4.39. The van der Waals surface area contributed by atoms with Gasteiger partial charge in [-0.2, -0.15) is 0 Å². The molecule has 2 nitrogen and oxygen atoms in total. The highest BCUT2D eigenvalue weighted by Gasteiger charge is 2.06. The third-order valence-electron chi connectivity index (χ3n) is 2.17. The van der Waals surface area contributed by atoms with Crippen LogP contribution in [-0.4, -0.2) is 23.8 Å². The van der Waals surface area contributed by atoms with Crippen LogP contribution in [-0.2, 0) is 0 Å². The SMILES string of the molecule is CCN(CC#CC(C)(C)O)c1ccccc1. The molecular formula is C14H19NO. The van der Waals surface area contributed by atoms with E-state index in [0.717, 1.165) is 12.2 Å². The van der Waals surface area contributed by atoms with Crippen molar-refractivity contribution in [3.05, 3.63) is 30.3 Å². The van der Waals surface area contributed by atoms with Gasteiger partial charge in [0.1, 0.15) is 5.60 Å². The summed E-state index contributed by atoms with van der Waals surface area (Å²) in [5.74, 6) is 5.82. The van der Waals surface area contributed by atoms with E-state index in [2.05, 4.69) is 35.8 Å². The number of hydrogen-bond donors (Lipinski definition) is 1. The van der Waals surface area contributed by atoms with Crippen molar-refractivity contribution in [1.82, 2.24) is 0 Å². The maximum Gasteiger partial charge on any atom is 0.120 e. The van der Waals surface area contributed by atoms with Crippen molar-refractivity contribution in [2.24, 2.45) is 0 Å². The molecule has 0 aliphatic heterocycles. The minimum absolute atomic E-state index is 0.643. The van der Waals surface area contributed by atoms with Gasteiger partial charge in [-0.1, -0.05) is 30.0 Å². The lowest BCUT2D eigenvalue weighted by atomic mass is 10.1. The normalized spacial score (nSPS) is 10.5. The van der Waals surface area contributed by atoms with Gasteiger partial charge in [-0.05, 0) is 32.9 Å². The number of nitrogens with zero attached hydrogens (tertiary/aromatic N) is 1. The standard InChI is InChI=1S/C14H19NO/c1-4-15(12-8-11-14(2,3)16)13-9-6-5-7-10-13/h5-7,9-10,16H,4,12H2,1-3H3. The Labute approximate surface area is 97.9 Å². The Morgan fingerprint density at radius 3 is 2.38 bits per heavy atom. The molecule has 0 saturated heterocycles. The Hall–Kier alpha value is -1.46. The van der Waals surface area contributed by atoms with Gasteiger partial charge in [-0.25, -0.2) is 0 Å². The van der Waals surface area contributed by atoms with E-state index in [-0.39, 0.29) is 0 Å². The molecule has 1 aromatic rings. The number of para-hydroxylation sites is 1. The predicted octanol–water partition coefficient (Wildman–Crippen LogP) is 2.29. The molecule has 0 atom stereocenters. The number of hydrogen-bond acceptors (Lipinski definition) is 2. The maximum absolute atomic E-state index is 9.48. The first-order chi connectivity index (χ1) is 7.53. The summed E-state index contributed by atoms with van der Waals surface area (Å²) in [5, 5.41) is 9.48. The average Bonchev–Trinajstić information content (AvgIpc) is 2.24. The highest BCUT2D eigenvalue weighted by atomic mass is 16.3. The lowest BCUT2D eigenvalue weighted by molar-refractivity contribution is 0.143. The van der Waals surface area contributed by atoms with Crippen molar-refractivity contribution in [2.75, 3.05) is 18.0 Å². The molecule has 16 heavy (non-hydrogen) atoms. The van der Waals surface area contributed by atoms with Crippen molar-refractivity contribution in [3.8, 4) is 11.8 Å². The van der Waals surface area contributed by atoms with Gasteiger partial charge >= 0.3 is 0 Å². The summed E-state index contributed by atoms with van der Waals surface area (Å²) >= 11 is 0. The fourth-order valence-electron chi connectivity index (χ4n) is 1.38. The molecule has 0 aliphatic carbocycles. The van der Waals surface area contributed by atoms with Gasteiger partial charge in [-0.15, -0.1) is 0 Å². The minimum Gasteiger partial charge on any atom is -0.378 e. The molecule has 0 unspecified atom stereocenters. The third-order valence-corrected chi connectivity index (χ3v) is 2.17. The molecule has 0 radical (unpaired) electrons. The van der Waals surface area contributed by atoms with Crippen LogP contribution in [0.4, 0.5) is 5.69 Å². The fourth-order valence-corrected chi connectivity index (χ4v) is 1.38. The van der Waals surface area contributed by atoms with E-state index in [1.165, 1.54) is 0 Å². The molecule has 86 valence electrons. The second-order valence-electron chi connectivity index (χ2n) is 4.21. The second-order valence-corrected chi connectivity index (χ2v) is 4.21. The molecule has 0 aromatic heterocycles. The molecule has 1 rings (SSSR count). The monoisotopic (exact) mass is 217 g/mol. The van der Waals surface area contributed by atoms with Crippen LogP contribution in [0.5, 0.6) is 0 Å². The molecule has 0 amide bonds. The van der Waals surface area contributed by atoms with Crippen molar-refractivity contribution in [2.45, 2.75) is 26.4 Å². The van der Waals surface area contributed by atoms with Gasteiger partial charge in [0.2, 0.25) is 0 Å². The van der Waals surface area contributed by atoms with Crippen molar-refractivity contribution in [3.63, 3.8) is 0 Å². The molecule has 1 N–H and O–H groups in total. The predicted molar refractivity (Wildman–Crippen MR) is 68.4 cm³/mol. The largest absolute Gasteiger partial charge is 0.378 e. The molecule has 0 heterocycles. The van der Waals surface area contributed by atoms with Crippen molar-refractivity contribution >= 4 is 5.69 Å². The van der Waals surface area contributed by atoms with Gasteiger partial charge in [0.15, 0.2) is 0 Å². The Morgan fingerprint density at radius 2 is 1.88 bits per heavy atom. The van der Waals surface area contributed by atoms with Crippen LogP contribution in [0.15, 0.2) is 30.3 Å². The Morgan fingerprint density at radius 1 is 1.25 bits per heavy atom. The molecule has 1 aromatic carbocycles. The Balaban J connectivity index is 2.66. The number of rotatable bonds is 3. The van der Waals surface area contributed by atoms with Gasteiger partial charge < -0.3 is 10.0 Å². The molecule has 0 aliphatic rings. The molecule has 0 bridgehead atoms. The lowest BCUT2D eigenvalue weighted by Gasteiger charge is -2.20. The Bertz CT molecular complexity index is 367. The summed E-state index contributed by atoms with van der Waals surface area (Å²) in [7, 11) is 0. The van der Waals surface area contributed by atoms with Crippen LogP contribution in [0.3, 0.4) is 0 Å². The summed E-state index contributed by atoms with van der Waals surface area (Å²) in [5.41, 5.74) is 0.255. The van der Waals surface area contributed by atoms with E-state index in [9.17, 15) is 5.11 Å². The summed E-state index contributed by atoms with van der Waals surface area (Å²) < 4.78 is 0. The van der Waals surface area contributed by atoms with Crippen LogP contribution < -0.4 is 4.90 Å². The highest BCUT2D eigenvalue weighted by Crippen LogP contribution is 2.11. The van der Waals surface area contributed by atoms with Crippen LogP contribution in [0.25, 0.3) is 0 Å². The third kappa shape index (κ3) is 4.37. The van der Waals surface area contributed by atoms with Crippen LogP contribution in [0, 0.1) is 11.8 Å². The topological polar surface area (TPSA) is 23.5 Å². The molecular weight excluding hydrogens is 198 g/mol. The van der Waals surface area contributed by atoms with E-state index in [1.54, 1.807) is 13.8 Å². The summed E-state index contributed by atoms with van der Waals surface area (Å²) in [6.45, 7) is 7.03. The van der Waals surface area contributed by atoms with Crippen LogP contribution >= 0.6 is 0 Å². The molecule has 0 spiro atoms. The zero-order valence-electron chi connectivity index (χ0n) is 10.2. The summed E-state index contributed by atoms with van der Waals surface area (Å²) in [4.78, 5) is 2.17. The second kappa shape index (κ2) is 5.58. The van der Waals surface area contributed by atoms with E-state index >= 15 is 0 Å². The van der Waals surface area contributed by atoms with Gasteiger partial charge in [0, 0.05) is 12.2 Å². The smallest absolute Gasteiger partial charge is 0.120 e. The first-order valence-electron chi connectivity index (χ1n) is 5.55. The zero-order valence-corrected chi connectivity index (χ0v) is 10.2. The van der Waals surface area contributed by atoms with Crippen LogP contribution in [0.1, 0.15) is 20.8 Å². The van der Waals surface area contributed by atoms with Gasteiger partial charge in [0.05, 0.1) is 6.54 Å². The summed E-state index contributed by atoms with van der Waals surface area (Å²) in [6, 6.07) is 10.2. The van der Waals surface area contributed by atoms with E-state index < -0.39 is 5.60 Å². The lowest BCUT2D eigenvalue weighted by Crippen LogP contribution is -2.23. The zero-order chi connectivity index (χ0) is 12.0. The van der Waals surface area contributed by atoms with Gasteiger partial charge in [-0.3, -0.25) is 0 Å². The number of benzene rings is 1. The van der Waals surface area contributed by atoms with E-state index in [4.69, 9.17) is 0 Å². The molecule has 0 fully saturated rings. The molecule has 0 saturated carbocycles. The van der Waals surface area contributed by atoms with Gasteiger partial charge in [0.25, 0.3) is 0 Å². The van der Waals surface area contributed by atoms with Crippen LogP contribution in [0.2, 0.25) is 0 Å². The first-order valence-corrected chi connectivity index (χ1v) is 5.55. The quantitative estimate of drug-likeness (QED) is 0.785. The fraction of sp³-hybridized carbons (Fsp3) is 0.429. The summed E-state index contributed by atoms with van der Waals surface area (Å²) in [6.07, 6.45) is 0. The number of anilines is 1.